The van der Waals surface area contributed by atoms with Crippen LogP contribution in [0.1, 0.15) is 27.2 Å². The van der Waals surface area contributed by atoms with Crippen molar-refractivity contribution in [1.29, 1.82) is 0 Å². The van der Waals surface area contributed by atoms with Crippen LogP contribution >= 0.6 is 0 Å². The molecule has 0 aliphatic carbocycles. The van der Waals surface area contributed by atoms with Gasteiger partial charge in [-0.2, -0.15) is 0 Å². The summed E-state index contributed by atoms with van der Waals surface area (Å²) in [6.07, 6.45) is 1.05. The number of carbonyl (C=O) groups is 1. The fourth-order valence-corrected chi connectivity index (χ4v) is 3.57. The lowest BCUT2D eigenvalue weighted by molar-refractivity contribution is 0.00313. The van der Waals surface area contributed by atoms with Crippen LogP contribution in [0.3, 0.4) is 0 Å². The molecule has 2 atom stereocenters. The summed E-state index contributed by atoms with van der Waals surface area (Å²) in [5.41, 5.74) is -0.418. The summed E-state index contributed by atoms with van der Waals surface area (Å²) in [6, 6.07) is 0.576. The highest BCUT2D eigenvalue weighted by Gasteiger charge is 2.34. The fraction of sp³-hybridized carbons (Fsp3) is 0.941. The lowest BCUT2D eigenvalue weighted by Crippen LogP contribution is -2.59. The largest absolute Gasteiger partial charge is 0.444 e. The first-order valence-corrected chi connectivity index (χ1v) is 8.83. The Hall–Kier alpha value is -0.850. The van der Waals surface area contributed by atoms with Gasteiger partial charge in [0.25, 0.3) is 0 Å². The van der Waals surface area contributed by atoms with Crippen LogP contribution < -0.4 is 5.32 Å². The first-order chi connectivity index (χ1) is 10.8. The second-order valence-electron chi connectivity index (χ2n) is 8.09. The van der Waals surface area contributed by atoms with E-state index < -0.39 is 5.60 Å². The van der Waals surface area contributed by atoms with Crippen LogP contribution in [-0.4, -0.2) is 92.3 Å². The van der Waals surface area contributed by atoms with Crippen molar-refractivity contribution in [3.63, 3.8) is 0 Å². The number of hydrogen-bond donors (Lipinski definition) is 1. The van der Waals surface area contributed by atoms with E-state index in [4.69, 9.17) is 4.74 Å². The van der Waals surface area contributed by atoms with Gasteiger partial charge in [0.15, 0.2) is 0 Å². The molecule has 2 fully saturated rings. The molecule has 2 saturated heterocycles. The second-order valence-corrected chi connectivity index (χ2v) is 8.09. The van der Waals surface area contributed by atoms with Crippen molar-refractivity contribution in [2.45, 2.75) is 38.8 Å². The van der Waals surface area contributed by atoms with E-state index in [0.29, 0.717) is 12.0 Å². The minimum absolute atomic E-state index is 0.177. The fourth-order valence-electron chi connectivity index (χ4n) is 3.57. The summed E-state index contributed by atoms with van der Waals surface area (Å²) in [6.45, 7) is 12.5. The molecular weight excluding hydrogens is 292 g/mol. The molecule has 0 aromatic carbocycles. The Kier molecular flexibility index (Phi) is 6.28. The van der Waals surface area contributed by atoms with Gasteiger partial charge in [-0.3, -0.25) is 4.90 Å². The summed E-state index contributed by atoms with van der Waals surface area (Å²) in [5.74, 6) is 0.708. The van der Waals surface area contributed by atoms with Gasteiger partial charge in [-0.25, -0.2) is 4.79 Å². The third-order valence-electron chi connectivity index (χ3n) is 4.62. The molecule has 0 bridgehead atoms. The van der Waals surface area contributed by atoms with E-state index in [1.54, 1.807) is 0 Å². The maximum Gasteiger partial charge on any atom is 0.410 e. The van der Waals surface area contributed by atoms with Gasteiger partial charge in [0.2, 0.25) is 0 Å². The molecule has 134 valence electrons. The Labute approximate surface area is 141 Å². The van der Waals surface area contributed by atoms with Crippen LogP contribution in [0.25, 0.3) is 0 Å². The first-order valence-electron chi connectivity index (χ1n) is 8.83. The van der Waals surface area contributed by atoms with Crippen molar-refractivity contribution in [2.75, 3.05) is 59.9 Å². The molecule has 0 spiro atoms. The van der Waals surface area contributed by atoms with Crippen LogP contribution in [0.4, 0.5) is 4.79 Å². The molecule has 0 saturated carbocycles. The average molecular weight is 326 g/mol. The average Bonchev–Trinajstić information content (AvgIpc) is 2.45. The molecule has 0 aromatic rings. The quantitative estimate of drug-likeness (QED) is 0.841. The maximum atomic E-state index is 12.2. The molecule has 2 aliphatic heterocycles. The van der Waals surface area contributed by atoms with Crippen LogP contribution in [-0.2, 0) is 4.74 Å². The summed E-state index contributed by atoms with van der Waals surface area (Å²) < 4.78 is 5.48. The van der Waals surface area contributed by atoms with Gasteiger partial charge in [-0.15, -0.1) is 0 Å². The van der Waals surface area contributed by atoms with E-state index in [-0.39, 0.29) is 6.09 Å². The van der Waals surface area contributed by atoms with E-state index in [2.05, 4.69) is 29.2 Å². The van der Waals surface area contributed by atoms with E-state index in [0.717, 1.165) is 45.8 Å². The van der Waals surface area contributed by atoms with Gasteiger partial charge >= 0.3 is 6.09 Å². The van der Waals surface area contributed by atoms with Crippen LogP contribution in [0.15, 0.2) is 0 Å². The van der Waals surface area contributed by atoms with Crippen LogP contribution in [0.5, 0.6) is 0 Å². The molecule has 6 nitrogen and oxygen atoms in total. The molecular formula is C17H34N4O2. The minimum atomic E-state index is -0.418. The molecule has 1 N–H and O–H groups in total. The normalized spacial score (nSPS) is 27.3. The van der Waals surface area contributed by atoms with Crippen LogP contribution in [0.2, 0.25) is 0 Å². The number of piperidine rings is 1. The standard InChI is InChI=1S/C17H34N4O2/c1-17(2,3)23-16(22)21-10-8-20(9-11-21)15-12-18-7-6-14(15)13-19(4)5/h14-15,18H,6-13H2,1-5H3. The first kappa shape index (κ1) is 18.5. The zero-order chi connectivity index (χ0) is 17.0. The van der Waals surface area contributed by atoms with Crippen molar-refractivity contribution in [2.24, 2.45) is 5.92 Å². The van der Waals surface area contributed by atoms with Gasteiger partial charge in [-0.05, 0) is 53.8 Å². The van der Waals surface area contributed by atoms with E-state index in [1.165, 1.54) is 6.42 Å². The predicted molar refractivity (Wildman–Crippen MR) is 92.7 cm³/mol. The maximum absolute atomic E-state index is 12.2. The van der Waals surface area contributed by atoms with Gasteiger partial charge in [-0.1, -0.05) is 0 Å². The smallest absolute Gasteiger partial charge is 0.410 e. The number of nitrogens with zero attached hydrogens (tertiary/aromatic N) is 3. The van der Waals surface area contributed by atoms with E-state index in [9.17, 15) is 4.79 Å². The number of piperazine rings is 1. The highest BCUT2D eigenvalue weighted by Crippen LogP contribution is 2.21. The number of hydrogen-bond acceptors (Lipinski definition) is 5. The molecule has 2 aliphatic rings. The summed E-state index contributed by atoms with van der Waals surface area (Å²) in [5, 5.41) is 3.53. The second kappa shape index (κ2) is 7.81. The van der Waals surface area contributed by atoms with Gasteiger partial charge < -0.3 is 19.9 Å². The zero-order valence-electron chi connectivity index (χ0n) is 15.5. The summed E-state index contributed by atoms with van der Waals surface area (Å²) in [4.78, 5) is 18.9. The van der Waals surface area contributed by atoms with Crippen molar-refractivity contribution < 1.29 is 9.53 Å². The van der Waals surface area contributed by atoms with Crippen molar-refractivity contribution in [3.05, 3.63) is 0 Å². The molecule has 2 unspecified atom stereocenters. The third-order valence-corrected chi connectivity index (χ3v) is 4.62. The summed E-state index contributed by atoms with van der Waals surface area (Å²) >= 11 is 0. The number of carbonyl (C=O) groups excluding carboxylic acids is 1. The van der Waals surface area contributed by atoms with E-state index in [1.807, 2.05) is 25.7 Å². The third kappa shape index (κ3) is 5.62. The lowest BCUT2D eigenvalue weighted by atomic mass is 9.90. The monoisotopic (exact) mass is 326 g/mol. The predicted octanol–water partition coefficient (Wildman–Crippen LogP) is 1.08. The molecule has 0 aromatic heterocycles. The van der Waals surface area contributed by atoms with Crippen molar-refractivity contribution in [1.82, 2.24) is 20.0 Å². The highest BCUT2D eigenvalue weighted by molar-refractivity contribution is 5.68. The van der Waals surface area contributed by atoms with Gasteiger partial charge in [0.1, 0.15) is 5.60 Å². The Bertz CT molecular complexity index is 387. The number of nitrogens with one attached hydrogen (secondary N) is 1. The number of ether oxygens (including phenoxy) is 1. The van der Waals surface area contributed by atoms with E-state index >= 15 is 0 Å². The Morgan fingerprint density at radius 3 is 2.43 bits per heavy atom. The number of rotatable bonds is 3. The zero-order valence-corrected chi connectivity index (χ0v) is 15.5. The Morgan fingerprint density at radius 1 is 1.22 bits per heavy atom. The van der Waals surface area contributed by atoms with Crippen molar-refractivity contribution >= 4 is 6.09 Å². The summed E-state index contributed by atoms with van der Waals surface area (Å²) in [7, 11) is 4.30. The molecule has 1 amide bonds. The topological polar surface area (TPSA) is 48.0 Å². The van der Waals surface area contributed by atoms with Crippen LogP contribution in [0, 0.1) is 5.92 Å². The Balaban J connectivity index is 1.86. The molecule has 23 heavy (non-hydrogen) atoms. The molecule has 2 rings (SSSR count). The SMILES string of the molecule is CN(C)CC1CCNCC1N1CCN(C(=O)OC(C)(C)C)CC1. The molecule has 2 heterocycles. The minimum Gasteiger partial charge on any atom is -0.444 e. The van der Waals surface area contributed by atoms with Gasteiger partial charge in [0, 0.05) is 45.3 Å². The van der Waals surface area contributed by atoms with Gasteiger partial charge in [0.05, 0.1) is 0 Å². The lowest BCUT2D eigenvalue weighted by Gasteiger charge is -2.45. The Morgan fingerprint density at radius 2 is 1.87 bits per heavy atom. The highest BCUT2D eigenvalue weighted by atomic mass is 16.6. The van der Waals surface area contributed by atoms with Crippen molar-refractivity contribution in [3.8, 4) is 0 Å². The number of amides is 1. The molecule has 6 heteroatoms. The molecule has 0 radical (unpaired) electrons.